The summed E-state index contributed by atoms with van der Waals surface area (Å²) in [5.74, 6) is -0.590. The van der Waals surface area contributed by atoms with E-state index in [4.69, 9.17) is 0 Å². The van der Waals surface area contributed by atoms with Crippen LogP contribution in [0.1, 0.15) is 70.0 Å². The summed E-state index contributed by atoms with van der Waals surface area (Å²) < 4.78 is 24.8. The molecule has 140 valence electrons. The van der Waals surface area contributed by atoms with E-state index in [0.717, 1.165) is 31.2 Å². The van der Waals surface area contributed by atoms with Gasteiger partial charge in [-0.25, -0.2) is 8.42 Å². The summed E-state index contributed by atoms with van der Waals surface area (Å²) in [5.41, 5.74) is 2.31. The monoisotopic (exact) mass is 365 g/mol. The van der Waals surface area contributed by atoms with Crippen LogP contribution >= 0.6 is 0 Å². The second kappa shape index (κ2) is 8.84. The second-order valence-corrected chi connectivity index (χ2v) is 9.78. The first-order valence-corrected chi connectivity index (χ1v) is 11.1. The van der Waals surface area contributed by atoms with Gasteiger partial charge < -0.3 is 5.32 Å². The van der Waals surface area contributed by atoms with Gasteiger partial charge in [-0.2, -0.15) is 0 Å². The number of carbonyl (C=O) groups is 1. The summed E-state index contributed by atoms with van der Waals surface area (Å²) in [6.07, 6.45) is 5.43. The number of hydrogen-bond acceptors (Lipinski definition) is 3. The molecule has 5 heteroatoms. The van der Waals surface area contributed by atoms with Crippen LogP contribution in [0.5, 0.6) is 0 Å². The SMILES string of the molecule is CCCc1ccc(C(NC(=O)CS(=O)(=O)C2CCCC2)C(C)C)cc1. The molecular weight excluding hydrogens is 334 g/mol. The number of hydrogen-bond donors (Lipinski definition) is 1. The van der Waals surface area contributed by atoms with Crippen LogP contribution in [-0.2, 0) is 21.1 Å². The molecule has 0 aliphatic heterocycles. The number of rotatable bonds is 8. The van der Waals surface area contributed by atoms with Gasteiger partial charge in [-0.3, -0.25) is 4.79 Å². The first-order valence-electron chi connectivity index (χ1n) is 9.43. The standard InChI is InChI=1S/C20H31NO3S/c1-4-7-16-10-12-17(13-11-16)20(15(2)3)21-19(22)14-25(23,24)18-8-5-6-9-18/h10-13,15,18,20H,4-9,14H2,1-3H3,(H,21,22). The maximum Gasteiger partial charge on any atom is 0.235 e. The molecule has 1 aromatic rings. The zero-order chi connectivity index (χ0) is 18.4. The highest BCUT2D eigenvalue weighted by molar-refractivity contribution is 7.92. The summed E-state index contributed by atoms with van der Waals surface area (Å²) in [6.45, 7) is 6.22. The van der Waals surface area contributed by atoms with Gasteiger partial charge >= 0.3 is 0 Å². The van der Waals surface area contributed by atoms with E-state index in [9.17, 15) is 13.2 Å². The van der Waals surface area contributed by atoms with E-state index in [1.165, 1.54) is 5.56 Å². The number of sulfone groups is 1. The fraction of sp³-hybridized carbons (Fsp3) is 0.650. The Balaban J connectivity index is 2.04. The molecule has 1 fully saturated rings. The number of nitrogens with one attached hydrogen (secondary N) is 1. The molecule has 1 atom stereocenters. The molecule has 1 aliphatic carbocycles. The Hall–Kier alpha value is -1.36. The predicted molar refractivity (Wildman–Crippen MR) is 102 cm³/mol. The lowest BCUT2D eigenvalue weighted by Crippen LogP contribution is -2.38. The van der Waals surface area contributed by atoms with Crippen molar-refractivity contribution in [3.63, 3.8) is 0 Å². The zero-order valence-corrected chi connectivity index (χ0v) is 16.4. The van der Waals surface area contributed by atoms with Crippen LogP contribution in [0.3, 0.4) is 0 Å². The molecule has 1 saturated carbocycles. The topological polar surface area (TPSA) is 63.2 Å². The Morgan fingerprint density at radius 3 is 2.28 bits per heavy atom. The molecule has 4 nitrogen and oxygen atoms in total. The van der Waals surface area contributed by atoms with E-state index < -0.39 is 15.6 Å². The van der Waals surface area contributed by atoms with Crippen LogP contribution in [-0.4, -0.2) is 25.3 Å². The lowest BCUT2D eigenvalue weighted by molar-refractivity contribution is -0.119. The van der Waals surface area contributed by atoms with E-state index >= 15 is 0 Å². The number of benzene rings is 1. The Morgan fingerprint density at radius 2 is 1.76 bits per heavy atom. The Labute approximate surface area is 152 Å². The molecule has 1 N–H and O–H groups in total. The van der Waals surface area contributed by atoms with E-state index in [0.29, 0.717) is 12.8 Å². The predicted octanol–water partition coefficient (Wildman–Crippen LogP) is 3.81. The second-order valence-electron chi connectivity index (χ2n) is 7.49. The van der Waals surface area contributed by atoms with E-state index in [-0.39, 0.29) is 23.1 Å². The minimum absolute atomic E-state index is 0.165. The summed E-state index contributed by atoms with van der Waals surface area (Å²) in [6, 6.07) is 8.11. The van der Waals surface area contributed by atoms with Crippen LogP contribution in [0.2, 0.25) is 0 Å². The molecule has 1 unspecified atom stereocenters. The fourth-order valence-corrected chi connectivity index (χ4v) is 5.31. The number of aryl methyl sites for hydroxylation is 1. The molecule has 1 aliphatic rings. The van der Waals surface area contributed by atoms with E-state index in [2.05, 4.69) is 24.4 Å². The molecule has 0 aromatic heterocycles. The number of carbonyl (C=O) groups excluding carboxylic acids is 1. The maximum absolute atomic E-state index is 12.4. The largest absolute Gasteiger partial charge is 0.348 e. The van der Waals surface area contributed by atoms with Gasteiger partial charge in [0, 0.05) is 0 Å². The third kappa shape index (κ3) is 5.56. The quantitative estimate of drug-likeness (QED) is 0.762. The molecule has 0 bridgehead atoms. The average Bonchev–Trinajstić information content (AvgIpc) is 3.08. The highest BCUT2D eigenvalue weighted by Crippen LogP contribution is 2.26. The van der Waals surface area contributed by atoms with Crippen molar-refractivity contribution in [2.45, 2.75) is 70.6 Å². The summed E-state index contributed by atoms with van der Waals surface area (Å²) in [4.78, 5) is 12.4. The van der Waals surface area contributed by atoms with Gasteiger partial charge in [-0.05, 0) is 36.3 Å². The van der Waals surface area contributed by atoms with Gasteiger partial charge in [0.05, 0.1) is 11.3 Å². The van der Waals surface area contributed by atoms with Crippen molar-refractivity contribution in [2.75, 3.05) is 5.75 Å². The van der Waals surface area contributed by atoms with Gasteiger partial charge in [0.2, 0.25) is 5.91 Å². The normalized spacial score (nSPS) is 17.0. The van der Waals surface area contributed by atoms with Crippen molar-refractivity contribution in [3.05, 3.63) is 35.4 Å². The highest BCUT2D eigenvalue weighted by Gasteiger charge is 2.31. The summed E-state index contributed by atoms with van der Waals surface area (Å²) in [5, 5.41) is 2.62. The van der Waals surface area contributed by atoms with Crippen LogP contribution in [0.15, 0.2) is 24.3 Å². The van der Waals surface area contributed by atoms with Crippen LogP contribution in [0, 0.1) is 5.92 Å². The maximum atomic E-state index is 12.4. The minimum Gasteiger partial charge on any atom is -0.348 e. The average molecular weight is 366 g/mol. The van der Waals surface area contributed by atoms with Gasteiger partial charge in [0.25, 0.3) is 0 Å². The van der Waals surface area contributed by atoms with Gasteiger partial charge in [0.1, 0.15) is 5.75 Å². The first kappa shape index (κ1) is 20.0. The van der Waals surface area contributed by atoms with Crippen LogP contribution < -0.4 is 5.32 Å². The Kier molecular flexibility index (Phi) is 7.05. The van der Waals surface area contributed by atoms with Crippen molar-refractivity contribution in [2.24, 2.45) is 5.92 Å². The van der Waals surface area contributed by atoms with Gasteiger partial charge in [-0.1, -0.05) is 64.3 Å². The lowest BCUT2D eigenvalue weighted by atomic mass is 9.94. The molecule has 1 amide bonds. The van der Waals surface area contributed by atoms with Gasteiger partial charge in [-0.15, -0.1) is 0 Å². The molecule has 0 heterocycles. The molecule has 0 saturated heterocycles. The number of amides is 1. The highest BCUT2D eigenvalue weighted by atomic mass is 32.2. The van der Waals surface area contributed by atoms with Crippen molar-refractivity contribution in [1.82, 2.24) is 5.32 Å². The van der Waals surface area contributed by atoms with Crippen molar-refractivity contribution >= 4 is 15.7 Å². The van der Waals surface area contributed by atoms with Gasteiger partial charge in [0.15, 0.2) is 9.84 Å². The smallest absolute Gasteiger partial charge is 0.235 e. The van der Waals surface area contributed by atoms with E-state index in [1.54, 1.807) is 0 Å². The molecule has 2 rings (SSSR count). The summed E-state index contributed by atoms with van der Waals surface area (Å²) >= 11 is 0. The fourth-order valence-electron chi connectivity index (χ4n) is 3.58. The van der Waals surface area contributed by atoms with E-state index in [1.807, 2.05) is 26.0 Å². The molecular formula is C20H31NO3S. The molecule has 0 spiro atoms. The first-order chi connectivity index (χ1) is 11.8. The third-order valence-electron chi connectivity index (χ3n) is 5.00. The van der Waals surface area contributed by atoms with Crippen molar-refractivity contribution < 1.29 is 13.2 Å². The van der Waals surface area contributed by atoms with Crippen LogP contribution in [0.4, 0.5) is 0 Å². The summed E-state index contributed by atoms with van der Waals surface area (Å²) in [7, 11) is -3.34. The Morgan fingerprint density at radius 1 is 1.16 bits per heavy atom. The zero-order valence-electron chi connectivity index (χ0n) is 15.6. The molecule has 1 aromatic carbocycles. The minimum atomic E-state index is -3.34. The Bertz CT molecular complexity index is 659. The molecule has 25 heavy (non-hydrogen) atoms. The van der Waals surface area contributed by atoms with Crippen molar-refractivity contribution in [3.8, 4) is 0 Å². The third-order valence-corrected chi connectivity index (χ3v) is 7.15. The molecule has 0 radical (unpaired) electrons. The lowest BCUT2D eigenvalue weighted by Gasteiger charge is -2.23. The van der Waals surface area contributed by atoms with Crippen molar-refractivity contribution in [1.29, 1.82) is 0 Å². The van der Waals surface area contributed by atoms with Crippen LogP contribution in [0.25, 0.3) is 0 Å².